The number of allylic oxidation sites excluding steroid dienone is 2. The fourth-order valence-corrected chi connectivity index (χ4v) is 2.53. The van der Waals surface area contributed by atoms with Gasteiger partial charge in [-0.2, -0.15) is 0 Å². The molecule has 4 atom stereocenters. The van der Waals surface area contributed by atoms with Crippen LogP contribution in [-0.4, -0.2) is 10.7 Å². The molecule has 2 bridgehead atoms. The predicted octanol–water partition coefficient (Wildman–Crippen LogP) is 1.58. The molecule has 0 aliphatic heterocycles. The maximum Gasteiger partial charge on any atom is 0.125 e. The summed E-state index contributed by atoms with van der Waals surface area (Å²) >= 11 is 0. The van der Waals surface area contributed by atoms with Crippen molar-refractivity contribution in [1.82, 2.24) is 0 Å². The minimum atomic E-state index is -0.899. The van der Waals surface area contributed by atoms with Crippen LogP contribution in [0.25, 0.3) is 0 Å². The van der Waals surface area contributed by atoms with Gasteiger partial charge in [0.05, 0.1) is 0 Å². The van der Waals surface area contributed by atoms with Crippen molar-refractivity contribution in [3.63, 3.8) is 0 Å². The standard InChI is InChI=1S/C11H14O/c1-3-11(2,12)10-7-8-4-5-9(10)6-8/h1,4-5,8-10,12H,6-7H2,2H3/t8-,9-,10+,11-/m1/s1. The number of terminal acetylenes is 1. The van der Waals surface area contributed by atoms with E-state index in [1.165, 1.54) is 6.42 Å². The van der Waals surface area contributed by atoms with Crippen LogP contribution in [0.3, 0.4) is 0 Å². The summed E-state index contributed by atoms with van der Waals surface area (Å²) in [5, 5.41) is 9.88. The van der Waals surface area contributed by atoms with E-state index in [2.05, 4.69) is 18.1 Å². The van der Waals surface area contributed by atoms with Gasteiger partial charge in [0.15, 0.2) is 0 Å². The minimum Gasteiger partial charge on any atom is -0.378 e. The molecule has 1 nitrogen and oxygen atoms in total. The van der Waals surface area contributed by atoms with Gasteiger partial charge in [0, 0.05) is 5.92 Å². The monoisotopic (exact) mass is 162 g/mol. The summed E-state index contributed by atoms with van der Waals surface area (Å²) in [6, 6.07) is 0. The lowest BCUT2D eigenvalue weighted by Gasteiger charge is -2.29. The largest absolute Gasteiger partial charge is 0.378 e. The Labute approximate surface area is 73.5 Å². The number of hydrogen-bond acceptors (Lipinski definition) is 1. The molecule has 1 saturated carbocycles. The average Bonchev–Trinajstić information content (AvgIpc) is 2.64. The molecule has 0 unspecified atom stereocenters. The van der Waals surface area contributed by atoms with Crippen LogP contribution in [-0.2, 0) is 0 Å². The molecule has 0 aromatic rings. The summed E-state index contributed by atoms with van der Waals surface area (Å²) in [7, 11) is 0. The lowest BCUT2D eigenvalue weighted by atomic mass is 9.80. The van der Waals surface area contributed by atoms with Gasteiger partial charge >= 0.3 is 0 Å². The van der Waals surface area contributed by atoms with Gasteiger partial charge in [0.25, 0.3) is 0 Å². The van der Waals surface area contributed by atoms with E-state index in [1.54, 1.807) is 6.92 Å². The van der Waals surface area contributed by atoms with Crippen LogP contribution in [0, 0.1) is 30.1 Å². The van der Waals surface area contributed by atoms with E-state index in [-0.39, 0.29) is 5.92 Å². The third kappa shape index (κ3) is 0.990. The first kappa shape index (κ1) is 7.89. The Morgan fingerprint density at radius 3 is 2.67 bits per heavy atom. The molecular weight excluding hydrogens is 148 g/mol. The Balaban J connectivity index is 2.19. The third-order valence-electron chi connectivity index (χ3n) is 3.29. The molecule has 0 spiro atoms. The second-order valence-electron chi connectivity index (χ2n) is 4.18. The highest BCUT2D eigenvalue weighted by atomic mass is 16.3. The molecule has 0 amide bonds. The van der Waals surface area contributed by atoms with Crippen molar-refractivity contribution < 1.29 is 5.11 Å². The van der Waals surface area contributed by atoms with Crippen LogP contribution in [0.4, 0.5) is 0 Å². The molecule has 0 heterocycles. The fourth-order valence-electron chi connectivity index (χ4n) is 2.53. The van der Waals surface area contributed by atoms with Crippen LogP contribution >= 0.6 is 0 Å². The van der Waals surface area contributed by atoms with E-state index in [0.29, 0.717) is 11.8 Å². The molecule has 0 aromatic heterocycles. The molecule has 0 saturated heterocycles. The summed E-state index contributed by atoms with van der Waals surface area (Å²) in [5.41, 5.74) is -0.899. The Morgan fingerprint density at radius 2 is 2.25 bits per heavy atom. The van der Waals surface area contributed by atoms with Crippen LogP contribution < -0.4 is 0 Å². The minimum absolute atomic E-state index is 0.289. The van der Waals surface area contributed by atoms with Gasteiger partial charge in [-0.3, -0.25) is 0 Å². The smallest absolute Gasteiger partial charge is 0.125 e. The van der Waals surface area contributed by atoms with Crippen LogP contribution in [0.2, 0.25) is 0 Å². The molecule has 2 aliphatic carbocycles. The molecular formula is C11H14O. The van der Waals surface area contributed by atoms with E-state index >= 15 is 0 Å². The molecule has 1 N–H and O–H groups in total. The fraction of sp³-hybridized carbons (Fsp3) is 0.636. The summed E-state index contributed by atoms with van der Waals surface area (Å²) < 4.78 is 0. The SMILES string of the molecule is C#C[C@@](C)(O)[C@H]1C[C@@H]2C=C[C@@H]1C2. The van der Waals surface area contributed by atoms with E-state index in [9.17, 15) is 5.11 Å². The van der Waals surface area contributed by atoms with Crippen molar-refractivity contribution in [3.8, 4) is 12.3 Å². The van der Waals surface area contributed by atoms with Crippen molar-refractivity contribution in [3.05, 3.63) is 12.2 Å². The van der Waals surface area contributed by atoms with Crippen LogP contribution in [0.15, 0.2) is 12.2 Å². The van der Waals surface area contributed by atoms with Gasteiger partial charge in [0.2, 0.25) is 0 Å². The first-order valence-electron chi connectivity index (χ1n) is 4.52. The molecule has 0 radical (unpaired) electrons. The molecule has 12 heavy (non-hydrogen) atoms. The Hall–Kier alpha value is -0.740. The summed E-state index contributed by atoms with van der Waals surface area (Å²) in [6.07, 6.45) is 12.0. The van der Waals surface area contributed by atoms with Gasteiger partial charge in [0.1, 0.15) is 5.60 Å². The highest BCUT2D eigenvalue weighted by molar-refractivity contribution is 5.19. The van der Waals surface area contributed by atoms with Crippen molar-refractivity contribution in [1.29, 1.82) is 0 Å². The lowest BCUT2D eigenvalue weighted by molar-refractivity contribution is 0.0434. The van der Waals surface area contributed by atoms with Gasteiger partial charge in [-0.1, -0.05) is 18.1 Å². The summed E-state index contributed by atoms with van der Waals surface area (Å²) in [6.45, 7) is 1.76. The molecule has 1 fully saturated rings. The first-order valence-corrected chi connectivity index (χ1v) is 4.52. The molecule has 1 heteroatoms. The molecule has 64 valence electrons. The van der Waals surface area contributed by atoms with Gasteiger partial charge in [-0.05, 0) is 31.6 Å². The normalized spacial score (nSPS) is 42.6. The maximum atomic E-state index is 9.88. The molecule has 2 aliphatic rings. The van der Waals surface area contributed by atoms with Gasteiger partial charge in [-0.15, -0.1) is 6.42 Å². The highest BCUT2D eigenvalue weighted by Crippen LogP contribution is 2.47. The zero-order valence-corrected chi connectivity index (χ0v) is 7.33. The topological polar surface area (TPSA) is 20.2 Å². The Morgan fingerprint density at radius 1 is 1.50 bits per heavy atom. The van der Waals surface area contributed by atoms with Crippen LogP contribution in [0.1, 0.15) is 19.8 Å². The van der Waals surface area contributed by atoms with Crippen LogP contribution in [0.5, 0.6) is 0 Å². The lowest BCUT2D eigenvalue weighted by Crippen LogP contribution is -2.35. The van der Waals surface area contributed by atoms with Crippen molar-refractivity contribution >= 4 is 0 Å². The van der Waals surface area contributed by atoms with E-state index in [0.717, 1.165) is 6.42 Å². The quantitative estimate of drug-likeness (QED) is 0.458. The summed E-state index contributed by atoms with van der Waals surface area (Å²) in [5.74, 6) is 3.99. The van der Waals surface area contributed by atoms with Crippen molar-refractivity contribution in [2.75, 3.05) is 0 Å². The zero-order chi connectivity index (χ0) is 8.77. The number of rotatable bonds is 1. The van der Waals surface area contributed by atoms with Gasteiger partial charge < -0.3 is 5.11 Å². The highest BCUT2D eigenvalue weighted by Gasteiger charge is 2.44. The third-order valence-corrected chi connectivity index (χ3v) is 3.29. The van der Waals surface area contributed by atoms with E-state index in [4.69, 9.17) is 6.42 Å². The van der Waals surface area contributed by atoms with Gasteiger partial charge in [-0.25, -0.2) is 0 Å². The number of aliphatic hydroxyl groups is 1. The second kappa shape index (κ2) is 2.37. The molecule has 2 rings (SSSR count). The molecule has 0 aromatic carbocycles. The van der Waals surface area contributed by atoms with E-state index in [1.807, 2.05) is 0 Å². The predicted molar refractivity (Wildman–Crippen MR) is 48.3 cm³/mol. The average molecular weight is 162 g/mol. The summed E-state index contributed by atoms with van der Waals surface area (Å²) in [4.78, 5) is 0. The van der Waals surface area contributed by atoms with Crippen molar-refractivity contribution in [2.45, 2.75) is 25.4 Å². The zero-order valence-electron chi connectivity index (χ0n) is 7.33. The maximum absolute atomic E-state index is 9.88. The van der Waals surface area contributed by atoms with Crippen molar-refractivity contribution in [2.24, 2.45) is 17.8 Å². The Bertz CT molecular complexity index is 257. The Kier molecular flexibility index (Phi) is 1.56. The number of fused-ring (bicyclic) bond motifs is 2. The first-order chi connectivity index (χ1) is 5.63. The number of hydrogen-bond donors (Lipinski definition) is 1. The van der Waals surface area contributed by atoms with E-state index < -0.39 is 5.60 Å². The second-order valence-corrected chi connectivity index (χ2v) is 4.18.